The van der Waals surface area contributed by atoms with Crippen LogP contribution in [0.1, 0.15) is 25.7 Å². The number of carboxylic acid groups (broad SMARTS) is 2. The number of allylic oxidation sites excluding steroid dienone is 4. The summed E-state index contributed by atoms with van der Waals surface area (Å²) in [5, 5.41) is 113. The van der Waals surface area contributed by atoms with Gasteiger partial charge in [-0.15, -0.1) is 0 Å². The Morgan fingerprint density at radius 1 is 0.597 bits per heavy atom. The van der Waals surface area contributed by atoms with Gasteiger partial charge >= 0.3 is 11.9 Å². The zero-order valence-corrected chi connectivity index (χ0v) is 36.6. The number of carboxylic acids is 2. The van der Waals surface area contributed by atoms with Crippen molar-refractivity contribution in [2.24, 2.45) is 35.5 Å². The van der Waals surface area contributed by atoms with Crippen molar-refractivity contribution in [3.63, 3.8) is 0 Å². The topological polar surface area (TPSA) is 378 Å². The average Bonchev–Trinajstić information content (AvgIpc) is 4.15. The number of nitrogens with one attached hydrogen (secondary N) is 2. The number of fused-ring (bicyclic) bond motifs is 4. The van der Waals surface area contributed by atoms with E-state index in [2.05, 4.69) is 28.9 Å². The van der Waals surface area contributed by atoms with Crippen LogP contribution in [0.25, 0.3) is 0 Å². The van der Waals surface area contributed by atoms with Gasteiger partial charge in [0.15, 0.2) is 49.6 Å². The second-order valence-corrected chi connectivity index (χ2v) is 18.1. The SMILES string of the molecule is CO[C@@H]1O[C@@H](C(=O)NCC2CC3C=CC2C3)[C@@H](OC(CO)OC(C(=O)O)[C@H](CO)O[C@@H]2O[C@@H](C(=O)NCC3CC4C=CC3C4)[C@@H](O[C@@H]3OC(C(=O)O)[C@@H](OC)[C@@H](O)C3O)C(O)C2O)C(O)C1O. The summed E-state index contributed by atoms with van der Waals surface area (Å²) in [5.74, 6) is -3.94. The first kappa shape index (κ1) is 51.5. The number of carbonyl (C=O) groups excluding carboxylic acids is 2. The molecule has 0 aromatic carbocycles. The number of amides is 2. The number of aliphatic carboxylic acids is 2. The van der Waals surface area contributed by atoms with Crippen LogP contribution < -0.4 is 10.6 Å². The third-order valence-electron chi connectivity index (χ3n) is 13.9. The van der Waals surface area contributed by atoms with Crippen LogP contribution in [0.4, 0.5) is 0 Å². The lowest BCUT2D eigenvalue weighted by Gasteiger charge is -2.46. The van der Waals surface area contributed by atoms with Gasteiger partial charge in [-0.2, -0.15) is 0 Å². The van der Waals surface area contributed by atoms with Crippen molar-refractivity contribution in [3.8, 4) is 0 Å². The standard InChI is InChI=1S/C42H62N2O23/c1-59-30-23(47)27(51)42(67-35(30)39(57)58)64-32-25(49)28(52)41(66-34(32)37(54)44-12-20-10-16-4-6-18(20)8-16)61-21(13-45)29(38(55)56)62-22(14-46)63-31-24(48)26(50)40(60-2)65-33(31)36(53)43-11-19-9-15-3-5-17(19)7-15/h3-6,15-35,40-42,45-52H,7-14H2,1-2H3,(H,43,53)(H,44,54)(H,55,56)(H,57,58)/t15?,16?,17?,18?,19?,20?,21-,22?,23-,24?,25?,26?,27?,28?,29?,30-,31-,32-,33+,34+,35?,40+,41+,42+/m0/s1. The van der Waals surface area contributed by atoms with Crippen LogP contribution in [0.15, 0.2) is 24.3 Å². The summed E-state index contributed by atoms with van der Waals surface area (Å²) in [6.07, 6.45) is -23.6. The van der Waals surface area contributed by atoms with Crippen LogP contribution >= 0.6 is 0 Å². The summed E-state index contributed by atoms with van der Waals surface area (Å²) >= 11 is 0. The van der Waals surface area contributed by atoms with E-state index in [1.165, 1.54) is 0 Å². The molecule has 0 radical (unpaired) electrons. The lowest BCUT2D eigenvalue weighted by Crippen LogP contribution is -2.67. The Morgan fingerprint density at radius 3 is 1.58 bits per heavy atom. The molecule has 2 saturated carbocycles. The molecule has 25 heteroatoms. The lowest BCUT2D eigenvalue weighted by atomic mass is 9.93. The molecule has 3 aliphatic heterocycles. The van der Waals surface area contributed by atoms with Crippen LogP contribution in [-0.4, -0.2) is 226 Å². The normalized spacial score (nSPS) is 43.5. The van der Waals surface area contributed by atoms with E-state index < -0.39 is 148 Å². The molecule has 0 spiro atoms. The van der Waals surface area contributed by atoms with Gasteiger partial charge in [-0.3, -0.25) is 9.59 Å². The summed E-state index contributed by atoms with van der Waals surface area (Å²) in [6.45, 7) is -2.03. The molecule has 67 heavy (non-hydrogen) atoms. The van der Waals surface area contributed by atoms with Crippen LogP contribution in [-0.2, 0) is 61.8 Å². The molecular formula is C42H62N2O23. The van der Waals surface area contributed by atoms with Crippen LogP contribution in [0, 0.1) is 35.5 Å². The zero-order valence-electron chi connectivity index (χ0n) is 36.6. The summed E-state index contributed by atoms with van der Waals surface area (Å²) in [7, 11) is 2.22. The Labute approximate surface area is 383 Å². The largest absolute Gasteiger partial charge is 0.479 e. The molecule has 3 heterocycles. The summed E-state index contributed by atoms with van der Waals surface area (Å²) in [5.41, 5.74) is 0. The average molecular weight is 963 g/mol. The first-order valence-electron chi connectivity index (χ1n) is 22.3. The maximum atomic E-state index is 14.0. The Bertz CT molecular complexity index is 1790. The van der Waals surface area contributed by atoms with Crippen molar-refractivity contribution in [1.82, 2.24) is 10.6 Å². The molecule has 378 valence electrons. The molecule has 4 bridgehead atoms. The van der Waals surface area contributed by atoms with E-state index in [4.69, 9.17) is 42.6 Å². The van der Waals surface area contributed by atoms with Crippen molar-refractivity contribution in [1.29, 1.82) is 0 Å². The number of carbonyl (C=O) groups is 4. The molecule has 3 saturated heterocycles. The molecule has 0 aromatic rings. The molecular weight excluding hydrogens is 900 g/mol. The van der Waals surface area contributed by atoms with Gasteiger partial charge in [0.25, 0.3) is 11.8 Å². The molecule has 24 atom stereocenters. The number of ether oxygens (including phenoxy) is 9. The van der Waals surface area contributed by atoms with Crippen molar-refractivity contribution >= 4 is 23.8 Å². The van der Waals surface area contributed by atoms with Crippen molar-refractivity contribution in [2.45, 2.75) is 136 Å². The van der Waals surface area contributed by atoms with Gasteiger partial charge in [-0.1, -0.05) is 24.3 Å². The fourth-order valence-electron chi connectivity index (χ4n) is 10.3. The van der Waals surface area contributed by atoms with Crippen LogP contribution in [0.5, 0.6) is 0 Å². The number of rotatable bonds is 21. The van der Waals surface area contributed by atoms with Crippen LogP contribution in [0.3, 0.4) is 0 Å². The molecule has 14 unspecified atom stereocenters. The minimum atomic E-state index is -2.34. The number of hydrogen-bond donors (Lipinski definition) is 12. The van der Waals surface area contributed by atoms with Crippen molar-refractivity contribution < 1.29 is 113 Å². The van der Waals surface area contributed by atoms with Gasteiger partial charge in [0, 0.05) is 27.3 Å². The van der Waals surface area contributed by atoms with Gasteiger partial charge in [0.1, 0.15) is 61.0 Å². The van der Waals surface area contributed by atoms with Crippen molar-refractivity contribution in [2.75, 3.05) is 40.5 Å². The number of aliphatic hydroxyl groups is 8. The van der Waals surface area contributed by atoms with E-state index in [1.807, 2.05) is 6.08 Å². The van der Waals surface area contributed by atoms with E-state index in [9.17, 15) is 70.2 Å². The summed E-state index contributed by atoms with van der Waals surface area (Å²) in [4.78, 5) is 52.3. The van der Waals surface area contributed by atoms with Gasteiger partial charge in [0.2, 0.25) is 0 Å². The summed E-state index contributed by atoms with van der Waals surface area (Å²) in [6, 6.07) is 0. The molecule has 0 aromatic heterocycles. The van der Waals surface area contributed by atoms with Crippen molar-refractivity contribution in [3.05, 3.63) is 24.3 Å². The first-order chi connectivity index (χ1) is 32.0. The fourth-order valence-corrected chi connectivity index (χ4v) is 10.3. The van der Waals surface area contributed by atoms with Gasteiger partial charge in [-0.05, 0) is 61.2 Å². The lowest BCUT2D eigenvalue weighted by molar-refractivity contribution is -0.358. The van der Waals surface area contributed by atoms with E-state index >= 15 is 0 Å². The Hall–Kier alpha value is -3.32. The van der Waals surface area contributed by atoms with Gasteiger partial charge in [-0.25, -0.2) is 9.59 Å². The van der Waals surface area contributed by atoms with E-state index in [1.54, 1.807) is 0 Å². The predicted octanol–water partition coefficient (Wildman–Crippen LogP) is -5.33. The molecule has 5 fully saturated rings. The van der Waals surface area contributed by atoms with Gasteiger partial charge in [0.05, 0.1) is 13.2 Å². The molecule has 2 amide bonds. The monoisotopic (exact) mass is 962 g/mol. The minimum absolute atomic E-state index is 0.0135. The highest BCUT2D eigenvalue weighted by Gasteiger charge is 2.56. The highest BCUT2D eigenvalue weighted by Crippen LogP contribution is 2.44. The van der Waals surface area contributed by atoms with E-state index in [0.717, 1.165) is 39.9 Å². The molecule has 7 rings (SSSR count). The Kier molecular flexibility index (Phi) is 17.1. The predicted molar refractivity (Wildman–Crippen MR) is 216 cm³/mol. The maximum Gasteiger partial charge on any atom is 0.335 e. The molecule has 7 aliphatic rings. The number of hydrogen-bond acceptors (Lipinski definition) is 21. The highest BCUT2D eigenvalue weighted by molar-refractivity contribution is 5.82. The van der Waals surface area contributed by atoms with E-state index in [-0.39, 0.29) is 36.8 Å². The fraction of sp³-hybridized carbons (Fsp3) is 0.810. The molecule has 4 aliphatic carbocycles. The third kappa shape index (κ3) is 11.0. The highest BCUT2D eigenvalue weighted by atomic mass is 16.8. The van der Waals surface area contributed by atoms with Gasteiger partial charge < -0.3 is 104 Å². The number of aliphatic hydroxyl groups excluding tert-OH is 8. The van der Waals surface area contributed by atoms with Crippen LogP contribution in [0.2, 0.25) is 0 Å². The van der Waals surface area contributed by atoms with E-state index in [0.29, 0.717) is 11.8 Å². The second kappa shape index (κ2) is 22.2. The second-order valence-electron chi connectivity index (χ2n) is 18.1. The Balaban J connectivity index is 1.06. The smallest absolute Gasteiger partial charge is 0.335 e. The third-order valence-corrected chi connectivity index (χ3v) is 13.9. The first-order valence-corrected chi connectivity index (χ1v) is 22.3. The maximum absolute atomic E-state index is 14.0. The molecule has 25 nitrogen and oxygen atoms in total. The quantitative estimate of drug-likeness (QED) is 0.0377. The molecule has 12 N–H and O–H groups in total. The zero-order chi connectivity index (χ0) is 48.4. The summed E-state index contributed by atoms with van der Waals surface area (Å²) < 4.78 is 49.6. The Morgan fingerprint density at radius 2 is 1.10 bits per heavy atom. The number of methoxy groups -OCH3 is 2. The minimum Gasteiger partial charge on any atom is -0.479 e.